The third kappa shape index (κ3) is 9.37. The second-order valence-electron chi connectivity index (χ2n) is 15.9. The molecule has 330 valence electrons. The first-order valence-electron chi connectivity index (χ1n) is 20.8. The summed E-state index contributed by atoms with van der Waals surface area (Å²) >= 11 is 0. The summed E-state index contributed by atoms with van der Waals surface area (Å²) in [5.41, 5.74) is 2.25. The van der Waals surface area contributed by atoms with Gasteiger partial charge in [0.25, 0.3) is 0 Å². The van der Waals surface area contributed by atoms with Crippen molar-refractivity contribution in [2.24, 2.45) is 0 Å². The number of nitrogens with one attached hydrogen (secondary N) is 4. The Labute approximate surface area is 362 Å². The Hall–Kier alpha value is -6.38. The Balaban J connectivity index is 0.830. The summed E-state index contributed by atoms with van der Waals surface area (Å²) in [5.74, 6) is -2.17. The van der Waals surface area contributed by atoms with E-state index in [4.69, 9.17) is 0 Å². The summed E-state index contributed by atoms with van der Waals surface area (Å²) in [4.78, 5) is 73.1. The van der Waals surface area contributed by atoms with Gasteiger partial charge in [0.15, 0.2) is 11.6 Å². The van der Waals surface area contributed by atoms with Crippen LogP contribution in [0.4, 0.5) is 26.1 Å². The van der Waals surface area contributed by atoms with Crippen LogP contribution in [0.5, 0.6) is 0 Å². The molecule has 63 heavy (non-hydrogen) atoms. The Bertz CT molecular complexity index is 2670. The number of imide groups is 1. The molecule has 0 aliphatic carbocycles. The lowest BCUT2D eigenvalue weighted by Gasteiger charge is -2.37. The number of fused-ring (bicyclic) bond motifs is 1. The number of aromatic amines is 1. The average Bonchev–Trinajstić information content (AvgIpc) is 3.71. The zero-order valence-electron chi connectivity index (χ0n) is 34.7. The predicted octanol–water partition coefficient (Wildman–Crippen LogP) is 3.88. The van der Waals surface area contributed by atoms with Gasteiger partial charge in [0.05, 0.1) is 17.8 Å². The molecule has 1 unspecified atom stereocenters. The fourth-order valence-corrected chi connectivity index (χ4v) is 9.06. The molecule has 8 rings (SSSR count). The number of ketones is 1. The number of anilines is 3. The molecule has 3 aliphatic heterocycles. The number of nitrogens with zero attached hydrogens (tertiary/aromatic N) is 7. The first-order chi connectivity index (χ1) is 30.3. The van der Waals surface area contributed by atoms with E-state index < -0.39 is 33.8 Å². The third-order valence-electron chi connectivity index (χ3n) is 12.0. The van der Waals surface area contributed by atoms with Gasteiger partial charge in [0.2, 0.25) is 23.7 Å². The molecule has 3 aliphatic rings. The second kappa shape index (κ2) is 18.1. The highest BCUT2D eigenvalue weighted by Crippen LogP contribution is 2.32. The Morgan fingerprint density at radius 3 is 2.33 bits per heavy atom. The number of rotatable bonds is 13. The van der Waals surface area contributed by atoms with Crippen molar-refractivity contribution in [3.8, 4) is 11.1 Å². The largest absolute Gasteiger partial charge is 0.374 e. The molecule has 0 saturated carbocycles. The molecule has 3 fully saturated rings. The molecule has 2 aromatic carbocycles. The van der Waals surface area contributed by atoms with Crippen molar-refractivity contribution < 1.29 is 36.4 Å². The van der Waals surface area contributed by atoms with E-state index in [-0.39, 0.29) is 59.9 Å². The number of piperidine rings is 2. The maximum atomic E-state index is 15.6. The molecular weight excluding hydrogens is 837 g/mol. The van der Waals surface area contributed by atoms with Gasteiger partial charge in [0, 0.05) is 98.7 Å². The number of hydrogen-bond donors (Lipinski definition) is 4. The van der Waals surface area contributed by atoms with Gasteiger partial charge in [0.1, 0.15) is 17.5 Å². The van der Waals surface area contributed by atoms with Gasteiger partial charge < -0.3 is 20.1 Å². The van der Waals surface area contributed by atoms with Crippen LogP contribution in [0.3, 0.4) is 0 Å². The zero-order chi connectivity index (χ0) is 44.4. The minimum atomic E-state index is -4.03. The summed E-state index contributed by atoms with van der Waals surface area (Å²) in [5, 5.41) is 5.76. The minimum Gasteiger partial charge on any atom is -0.374 e. The highest BCUT2D eigenvalue weighted by Gasteiger charge is 2.30. The van der Waals surface area contributed by atoms with Crippen LogP contribution in [0.2, 0.25) is 0 Å². The SMILES string of the molecule is CCN(C)S(=O)(=O)Nc1cccc(C(=O)c2c[nH]c3ncc(-c4cnc(N5CCN(C(=O)CN6CCC(c7ccc(NC8CCC(=O)NC8=O)cc7F)CC6)CC5)nc4)cc23)c1F. The smallest absolute Gasteiger partial charge is 0.301 e. The number of benzene rings is 2. The van der Waals surface area contributed by atoms with Gasteiger partial charge in [-0.2, -0.15) is 12.7 Å². The summed E-state index contributed by atoms with van der Waals surface area (Å²) in [7, 11) is -2.67. The van der Waals surface area contributed by atoms with Crippen molar-refractivity contribution >= 4 is 62.1 Å². The Kier molecular flexibility index (Phi) is 12.5. The van der Waals surface area contributed by atoms with E-state index in [0.29, 0.717) is 97.9 Å². The van der Waals surface area contributed by atoms with Crippen LogP contribution in [-0.4, -0.2) is 131 Å². The average molecular weight is 884 g/mol. The number of carbonyl (C=O) groups excluding carboxylic acids is 4. The first-order valence-corrected chi connectivity index (χ1v) is 22.2. The van der Waals surface area contributed by atoms with Crippen LogP contribution in [0.15, 0.2) is 67.3 Å². The number of hydrogen-bond acceptors (Lipinski definition) is 12. The van der Waals surface area contributed by atoms with Gasteiger partial charge in [-0.25, -0.2) is 23.7 Å². The van der Waals surface area contributed by atoms with Crippen LogP contribution in [0.25, 0.3) is 22.2 Å². The zero-order valence-corrected chi connectivity index (χ0v) is 35.6. The summed E-state index contributed by atoms with van der Waals surface area (Å²) in [6.45, 7) is 5.48. The standard InChI is InChI=1S/C43H47F2N11O6S/c1-3-53(2)63(61,62)52-35-6-4-5-31(39(35)45)40(59)33-24-47-41-32(33)19-27(21-46-41)28-22-48-43(49-23-28)56-17-15-55(16-18-56)38(58)25-54-13-11-26(12-14-54)30-8-7-29(20-34(30)44)50-36-9-10-37(57)51-42(36)60/h4-8,19-24,26,36,50,52H,3,9-18,25H2,1-2H3,(H,46,47)(H,51,57,60). The Morgan fingerprint density at radius 2 is 1.63 bits per heavy atom. The maximum Gasteiger partial charge on any atom is 0.301 e. The molecule has 6 heterocycles. The second-order valence-corrected chi connectivity index (χ2v) is 17.7. The van der Waals surface area contributed by atoms with Gasteiger partial charge in [-0.1, -0.05) is 19.1 Å². The number of amides is 3. The molecule has 0 spiro atoms. The van der Waals surface area contributed by atoms with Crippen molar-refractivity contribution in [3.05, 3.63) is 95.6 Å². The molecule has 5 aromatic rings. The van der Waals surface area contributed by atoms with E-state index in [2.05, 4.69) is 40.2 Å². The van der Waals surface area contributed by atoms with Gasteiger partial charge in [-0.15, -0.1) is 0 Å². The molecular formula is C43H47F2N11O6S. The van der Waals surface area contributed by atoms with Crippen molar-refractivity contribution in [3.63, 3.8) is 0 Å². The van der Waals surface area contributed by atoms with Crippen molar-refractivity contribution in [2.45, 2.75) is 44.6 Å². The first kappa shape index (κ1) is 43.3. The lowest BCUT2D eigenvalue weighted by atomic mass is 9.89. The Morgan fingerprint density at radius 1 is 0.905 bits per heavy atom. The molecule has 1 atom stereocenters. The van der Waals surface area contributed by atoms with E-state index >= 15 is 8.78 Å². The number of piperazine rings is 1. The number of aromatic nitrogens is 4. The molecule has 17 nitrogen and oxygen atoms in total. The predicted molar refractivity (Wildman–Crippen MR) is 231 cm³/mol. The normalized spacial score (nSPS) is 17.9. The van der Waals surface area contributed by atoms with Gasteiger partial charge in [-0.05, 0) is 74.2 Å². The maximum absolute atomic E-state index is 15.6. The fraction of sp³-hybridized carbons (Fsp3) is 0.372. The van der Waals surface area contributed by atoms with Crippen LogP contribution in [0, 0.1) is 11.6 Å². The molecule has 4 N–H and O–H groups in total. The number of pyridine rings is 1. The van der Waals surface area contributed by atoms with Crippen LogP contribution in [0.1, 0.15) is 60.0 Å². The fourth-order valence-electron chi connectivity index (χ4n) is 8.13. The van der Waals surface area contributed by atoms with E-state index in [1.54, 1.807) is 43.7 Å². The lowest BCUT2D eigenvalue weighted by molar-refractivity contribution is -0.134. The van der Waals surface area contributed by atoms with Gasteiger partial charge >= 0.3 is 10.2 Å². The molecule has 3 saturated heterocycles. The van der Waals surface area contributed by atoms with Crippen LogP contribution >= 0.6 is 0 Å². The van der Waals surface area contributed by atoms with Crippen molar-refractivity contribution in [2.75, 3.05) is 74.3 Å². The molecule has 3 aromatic heterocycles. The third-order valence-corrected chi connectivity index (χ3v) is 13.5. The summed E-state index contributed by atoms with van der Waals surface area (Å²) in [6.07, 6.45) is 8.36. The molecule has 0 bridgehead atoms. The molecule has 0 radical (unpaired) electrons. The summed E-state index contributed by atoms with van der Waals surface area (Å²) in [6, 6.07) is 10.0. The molecule has 3 amide bonds. The van der Waals surface area contributed by atoms with Gasteiger partial charge in [-0.3, -0.25) is 34.1 Å². The van der Waals surface area contributed by atoms with Crippen molar-refractivity contribution in [1.82, 2.24) is 39.4 Å². The van der Waals surface area contributed by atoms with E-state index in [1.807, 2.05) is 9.80 Å². The highest BCUT2D eigenvalue weighted by atomic mass is 32.2. The minimum absolute atomic E-state index is 0.0112. The lowest BCUT2D eigenvalue weighted by Crippen LogP contribution is -2.52. The number of carbonyl (C=O) groups is 4. The van der Waals surface area contributed by atoms with Crippen molar-refractivity contribution in [1.29, 1.82) is 0 Å². The van der Waals surface area contributed by atoms with E-state index in [1.165, 1.54) is 37.5 Å². The van der Waals surface area contributed by atoms with Crippen LogP contribution in [-0.2, 0) is 24.6 Å². The summed E-state index contributed by atoms with van der Waals surface area (Å²) < 4.78 is 59.1. The topological polar surface area (TPSA) is 206 Å². The quantitative estimate of drug-likeness (QED) is 0.0983. The highest BCUT2D eigenvalue weighted by molar-refractivity contribution is 7.90. The van der Waals surface area contributed by atoms with E-state index in [0.717, 1.165) is 4.31 Å². The van der Waals surface area contributed by atoms with Crippen LogP contribution < -0.4 is 20.3 Å². The number of H-pyrrole nitrogens is 1. The monoisotopic (exact) mass is 883 g/mol. The molecule has 20 heteroatoms. The number of halogens is 2. The van der Waals surface area contributed by atoms with E-state index in [9.17, 15) is 27.6 Å². The number of likely N-dealkylation sites (tertiary alicyclic amines) is 1.